The molecule has 4 heteroatoms. The minimum Gasteiger partial charge on any atom is -0.504 e. The van der Waals surface area contributed by atoms with Crippen LogP contribution in [0.25, 0.3) is 0 Å². The summed E-state index contributed by atoms with van der Waals surface area (Å²) in [7, 11) is 3.15. The Morgan fingerprint density at radius 3 is 2.23 bits per heavy atom. The van der Waals surface area contributed by atoms with Crippen LogP contribution in [0, 0.1) is 11.8 Å². The molecule has 1 aliphatic rings. The van der Waals surface area contributed by atoms with Gasteiger partial charge in [-0.15, -0.1) is 0 Å². The first-order valence-electron chi connectivity index (χ1n) is 9.30. The van der Waals surface area contributed by atoms with E-state index in [9.17, 15) is 10.2 Å². The van der Waals surface area contributed by atoms with Crippen molar-refractivity contribution in [1.29, 1.82) is 0 Å². The standard InChI is InChI=1S/C22H28O4/c1-5-13-9-15-11-21(26-4)19(24)12-17(15)22(16(13)6-2)14-7-8-18(23)20(10-14)25-3/h7-8,10-13,16,22-24H,5-6,9H2,1-4H3/t13-,16+,22+/m0/s1. The SMILES string of the molecule is CC[C@H]1Cc2cc(OC)c(O)cc2[C@H](c2ccc(O)c(OC)c2)[C@@H]1CC. The smallest absolute Gasteiger partial charge is 0.160 e. The molecule has 2 aromatic carbocycles. The second-order valence-electron chi connectivity index (χ2n) is 7.08. The fourth-order valence-corrected chi connectivity index (χ4v) is 4.52. The Balaban J connectivity index is 2.19. The third kappa shape index (κ3) is 3.09. The summed E-state index contributed by atoms with van der Waals surface area (Å²) in [5.41, 5.74) is 3.48. The van der Waals surface area contributed by atoms with Gasteiger partial charge in [-0.05, 0) is 59.2 Å². The Morgan fingerprint density at radius 1 is 0.923 bits per heavy atom. The second kappa shape index (κ2) is 7.48. The maximum atomic E-state index is 10.4. The van der Waals surface area contributed by atoms with Gasteiger partial charge in [0.1, 0.15) is 0 Å². The van der Waals surface area contributed by atoms with E-state index >= 15 is 0 Å². The molecule has 3 rings (SSSR count). The first-order chi connectivity index (χ1) is 12.5. The van der Waals surface area contributed by atoms with Crippen molar-refractivity contribution in [3.05, 3.63) is 47.0 Å². The normalized spacial score (nSPS) is 21.9. The zero-order chi connectivity index (χ0) is 18.8. The monoisotopic (exact) mass is 356 g/mol. The van der Waals surface area contributed by atoms with Gasteiger partial charge in [0.05, 0.1) is 14.2 Å². The quantitative estimate of drug-likeness (QED) is 0.803. The summed E-state index contributed by atoms with van der Waals surface area (Å²) >= 11 is 0. The molecule has 0 amide bonds. The predicted molar refractivity (Wildman–Crippen MR) is 102 cm³/mol. The molecular formula is C22H28O4. The molecular weight excluding hydrogens is 328 g/mol. The van der Waals surface area contributed by atoms with Gasteiger partial charge in [-0.1, -0.05) is 32.8 Å². The first-order valence-corrected chi connectivity index (χ1v) is 9.30. The number of hydrogen-bond donors (Lipinski definition) is 2. The zero-order valence-electron chi connectivity index (χ0n) is 16.0. The third-order valence-corrected chi connectivity index (χ3v) is 5.85. The van der Waals surface area contributed by atoms with Crippen molar-refractivity contribution in [3.8, 4) is 23.0 Å². The minimum absolute atomic E-state index is 0.143. The molecule has 0 fully saturated rings. The van der Waals surface area contributed by atoms with Crippen LogP contribution in [0.1, 0.15) is 49.3 Å². The number of benzene rings is 2. The zero-order valence-corrected chi connectivity index (χ0v) is 16.0. The highest BCUT2D eigenvalue weighted by Gasteiger charge is 2.36. The third-order valence-electron chi connectivity index (χ3n) is 5.85. The lowest BCUT2D eigenvalue weighted by molar-refractivity contribution is 0.260. The van der Waals surface area contributed by atoms with Crippen LogP contribution in [0.5, 0.6) is 23.0 Å². The van der Waals surface area contributed by atoms with Crippen LogP contribution in [-0.2, 0) is 6.42 Å². The van der Waals surface area contributed by atoms with Crippen LogP contribution in [-0.4, -0.2) is 24.4 Å². The lowest BCUT2D eigenvalue weighted by Crippen LogP contribution is -2.30. The Labute approximate surface area is 155 Å². The molecule has 3 atom stereocenters. The molecule has 4 nitrogen and oxygen atoms in total. The van der Waals surface area contributed by atoms with Crippen LogP contribution < -0.4 is 9.47 Å². The van der Waals surface area contributed by atoms with Crippen LogP contribution in [0.15, 0.2) is 30.3 Å². The van der Waals surface area contributed by atoms with Crippen molar-refractivity contribution in [2.24, 2.45) is 11.8 Å². The topological polar surface area (TPSA) is 58.9 Å². The Hall–Kier alpha value is -2.36. The lowest BCUT2D eigenvalue weighted by atomic mass is 9.65. The van der Waals surface area contributed by atoms with E-state index in [0.29, 0.717) is 23.3 Å². The average molecular weight is 356 g/mol. The fraction of sp³-hybridized carbons (Fsp3) is 0.455. The first kappa shape index (κ1) is 18.4. The largest absolute Gasteiger partial charge is 0.504 e. The maximum Gasteiger partial charge on any atom is 0.160 e. The molecule has 0 unspecified atom stereocenters. The number of methoxy groups -OCH3 is 2. The maximum absolute atomic E-state index is 10.4. The minimum atomic E-state index is 0.143. The number of aromatic hydroxyl groups is 2. The van der Waals surface area contributed by atoms with Gasteiger partial charge in [-0.2, -0.15) is 0 Å². The van der Waals surface area contributed by atoms with E-state index < -0.39 is 0 Å². The van der Waals surface area contributed by atoms with Gasteiger partial charge in [0.2, 0.25) is 0 Å². The number of phenolic OH excluding ortho intramolecular Hbond substituents is 2. The van der Waals surface area contributed by atoms with E-state index in [1.54, 1.807) is 20.3 Å². The Morgan fingerprint density at radius 2 is 1.62 bits per heavy atom. The molecule has 1 aliphatic carbocycles. The molecule has 0 heterocycles. The summed E-state index contributed by atoms with van der Waals surface area (Å²) in [6.45, 7) is 4.47. The van der Waals surface area contributed by atoms with Crippen molar-refractivity contribution in [2.45, 2.75) is 39.0 Å². The molecule has 0 bridgehead atoms. The Bertz CT molecular complexity index is 784. The van der Waals surface area contributed by atoms with Crippen molar-refractivity contribution in [2.75, 3.05) is 14.2 Å². The van der Waals surface area contributed by atoms with Crippen molar-refractivity contribution >= 4 is 0 Å². The molecule has 140 valence electrons. The van der Waals surface area contributed by atoms with Gasteiger partial charge in [0, 0.05) is 5.92 Å². The van der Waals surface area contributed by atoms with E-state index in [4.69, 9.17) is 9.47 Å². The van der Waals surface area contributed by atoms with Gasteiger partial charge in [-0.3, -0.25) is 0 Å². The number of ether oxygens (including phenoxy) is 2. The number of rotatable bonds is 5. The summed E-state index contributed by atoms with van der Waals surface area (Å²) in [5.74, 6) is 2.50. The summed E-state index contributed by atoms with van der Waals surface area (Å²) in [4.78, 5) is 0. The number of hydrogen-bond acceptors (Lipinski definition) is 4. The van der Waals surface area contributed by atoms with Gasteiger partial charge in [0.15, 0.2) is 23.0 Å². The molecule has 0 aromatic heterocycles. The predicted octanol–water partition coefficient (Wildman–Crippen LogP) is 4.86. The summed E-state index contributed by atoms with van der Waals surface area (Å²) in [5, 5.41) is 20.3. The highest BCUT2D eigenvalue weighted by Crippen LogP contribution is 2.49. The van der Waals surface area contributed by atoms with Crippen molar-refractivity contribution < 1.29 is 19.7 Å². The summed E-state index contributed by atoms with van der Waals surface area (Å²) < 4.78 is 10.7. The van der Waals surface area contributed by atoms with Gasteiger partial charge < -0.3 is 19.7 Å². The Kier molecular flexibility index (Phi) is 5.30. The fourth-order valence-electron chi connectivity index (χ4n) is 4.52. The molecule has 0 saturated heterocycles. The molecule has 0 radical (unpaired) electrons. The molecule has 0 aliphatic heterocycles. The van der Waals surface area contributed by atoms with Gasteiger partial charge in [-0.25, -0.2) is 0 Å². The van der Waals surface area contributed by atoms with Gasteiger partial charge in [0.25, 0.3) is 0 Å². The highest BCUT2D eigenvalue weighted by molar-refractivity contribution is 5.53. The average Bonchev–Trinajstić information content (AvgIpc) is 2.66. The summed E-state index contributed by atoms with van der Waals surface area (Å²) in [6, 6.07) is 9.41. The molecule has 2 aromatic rings. The lowest BCUT2D eigenvalue weighted by Gasteiger charge is -2.40. The van der Waals surface area contributed by atoms with Crippen molar-refractivity contribution in [3.63, 3.8) is 0 Å². The van der Waals surface area contributed by atoms with E-state index in [-0.39, 0.29) is 17.4 Å². The van der Waals surface area contributed by atoms with E-state index in [2.05, 4.69) is 13.8 Å². The molecule has 0 saturated carbocycles. The highest BCUT2D eigenvalue weighted by atomic mass is 16.5. The summed E-state index contributed by atoms with van der Waals surface area (Å²) in [6.07, 6.45) is 3.15. The number of fused-ring (bicyclic) bond motifs is 1. The van der Waals surface area contributed by atoms with Crippen LogP contribution >= 0.6 is 0 Å². The van der Waals surface area contributed by atoms with E-state index in [1.165, 1.54) is 5.56 Å². The van der Waals surface area contributed by atoms with Gasteiger partial charge >= 0.3 is 0 Å². The molecule has 26 heavy (non-hydrogen) atoms. The van der Waals surface area contributed by atoms with Crippen molar-refractivity contribution in [1.82, 2.24) is 0 Å². The van der Waals surface area contributed by atoms with E-state index in [0.717, 1.165) is 30.4 Å². The molecule has 0 spiro atoms. The second-order valence-corrected chi connectivity index (χ2v) is 7.08. The van der Waals surface area contributed by atoms with Crippen LogP contribution in [0.2, 0.25) is 0 Å². The van der Waals surface area contributed by atoms with E-state index in [1.807, 2.05) is 24.3 Å². The molecule has 2 N–H and O–H groups in total. The van der Waals surface area contributed by atoms with Crippen LogP contribution in [0.4, 0.5) is 0 Å². The van der Waals surface area contributed by atoms with Crippen LogP contribution in [0.3, 0.4) is 0 Å². The number of phenols is 2.